The number of benzene rings is 2. The third-order valence-corrected chi connectivity index (χ3v) is 3.53. The van der Waals surface area contributed by atoms with Gasteiger partial charge in [0.05, 0.1) is 12.8 Å². The molecule has 0 saturated carbocycles. The van der Waals surface area contributed by atoms with Crippen LogP contribution in [-0.2, 0) is 6.61 Å². The minimum Gasteiger partial charge on any atom is -0.490 e. The molecule has 0 unspecified atom stereocenters. The maximum absolute atomic E-state index is 5.89. The van der Waals surface area contributed by atoms with Crippen molar-refractivity contribution in [3.8, 4) is 11.5 Å². The summed E-state index contributed by atoms with van der Waals surface area (Å²) in [5, 5.41) is 7.48. The second kappa shape index (κ2) is 10.9. The van der Waals surface area contributed by atoms with Crippen LogP contribution in [0.1, 0.15) is 18.1 Å². The number of nitrogens with one attached hydrogen (secondary N) is 2. The normalized spacial score (nSPS) is 10.3. The second-order valence-corrected chi connectivity index (χ2v) is 5.69. The molecule has 0 atom stereocenters. The largest absolute Gasteiger partial charge is 0.490 e. The Kier molecular flexibility index (Phi) is 8.15. The van der Waals surface area contributed by atoms with E-state index in [-0.39, 0.29) is 0 Å². The summed E-state index contributed by atoms with van der Waals surface area (Å²) in [5.74, 6) is 1.38. The molecule has 0 radical (unpaired) electrons. The van der Waals surface area contributed by atoms with Gasteiger partial charge in [0.25, 0.3) is 0 Å². The summed E-state index contributed by atoms with van der Waals surface area (Å²) in [4.78, 5) is 0. The summed E-state index contributed by atoms with van der Waals surface area (Å²) in [5.41, 5.74) is 4.73. The first-order valence-electron chi connectivity index (χ1n) is 8.34. The number of nitrogens with zero attached hydrogens (tertiary/aromatic N) is 1. The van der Waals surface area contributed by atoms with Crippen molar-refractivity contribution >= 4 is 23.5 Å². The molecular weight excluding hydrogens is 346 g/mol. The van der Waals surface area contributed by atoms with Gasteiger partial charge < -0.3 is 14.8 Å². The van der Waals surface area contributed by atoms with E-state index in [2.05, 4.69) is 22.4 Å². The van der Waals surface area contributed by atoms with Crippen LogP contribution in [0.5, 0.6) is 11.5 Å². The molecule has 0 aliphatic rings. The molecule has 2 rings (SSSR count). The Bertz CT molecular complexity index is 748. The molecule has 0 heterocycles. The predicted octanol–water partition coefficient (Wildman–Crippen LogP) is 3.65. The fourth-order valence-corrected chi connectivity index (χ4v) is 2.23. The van der Waals surface area contributed by atoms with Crippen LogP contribution in [0.2, 0.25) is 0 Å². The highest BCUT2D eigenvalue weighted by atomic mass is 32.1. The van der Waals surface area contributed by atoms with Gasteiger partial charge in [-0.1, -0.05) is 36.4 Å². The second-order valence-electron chi connectivity index (χ2n) is 5.28. The van der Waals surface area contributed by atoms with E-state index in [1.54, 1.807) is 12.3 Å². The first kappa shape index (κ1) is 19.5. The van der Waals surface area contributed by atoms with E-state index in [0.717, 1.165) is 11.1 Å². The van der Waals surface area contributed by atoms with E-state index in [4.69, 9.17) is 21.7 Å². The maximum atomic E-state index is 5.89. The smallest absolute Gasteiger partial charge is 0.187 e. The van der Waals surface area contributed by atoms with Crippen LogP contribution in [0.15, 0.2) is 66.3 Å². The number of rotatable bonds is 9. The Morgan fingerprint density at radius 1 is 1.15 bits per heavy atom. The molecule has 2 aromatic carbocycles. The van der Waals surface area contributed by atoms with E-state index in [1.165, 1.54) is 0 Å². The molecule has 2 aromatic rings. The number of ether oxygens (including phenoxy) is 2. The van der Waals surface area contributed by atoms with E-state index < -0.39 is 0 Å². The molecule has 0 spiro atoms. The molecular formula is C20H23N3O2S. The average molecular weight is 369 g/mol. The lowest BCUT2D eigenvalue weighted by Gasteiger charge is -2.12. The van der Waals surface area contributed by atoms with Crippen molar-refractivity contribution in [1.29, 1.82) is 0 Å². The predicted molar refractivity (Wildman–Crippen MR) is 110 cm³/mol. The Morgan fingerprint density at radius 3 is 2.69 bits per heavy atom. The van der Waals surface area contributed by atoms with E-state index in [0.29, 0.717) is 36.4 Å². The Morgan fingerprint density at radius 2 is 1.96 bits per heavy atom. The van der Waals surface area contributed by atoms with Crippen LogP contribution < -0.4 is 20.2 Å². The number of hydrogen-bond acceptors (Lipinski definition) is 4. The molecule has 0 aliphatic carbocycles. The Hall–Kier alpha value is -2.86. The molecule has 136 valence electrons. The quantitative estimate of drug-likeness (QED) is 0.306. The molecule has 0 bridgehead atoms. The van der Waals surface area contributed by atoms with Gasteiger partial charge in [-0.25, -0.2) is 0 Å². The lowest BCUT2D eigenvalue weighted by Crippen LogP contribution is -2.31. The number of hydrogen-bond donors (Lipinski definition) is 2. The van der Waals surface area contributed by atoms with E-state index in [9.17, 15) is 0 Å². The van der Waals surface area contributed by atoms with Crippen molar-refractivity contribution in [3.63, 3.8) is 0 Å². The maximum Gasteiger partial charge on any atom is 0.187 e. The minimum atomic E-state index is 0.439. The number of thiocarbonyl (C=S) groups is 1. The summed E-state index contributed by atoms with van der Waals surface area (Å²) in [6.45, 7) is 7.18. The van der Waals surface area contributed by atoms with Gasteiger partial charge in [0, 0.05) is 6.54 Å². The molecule has 2 N–H and O–H groups in total. The third-order valence-electron chi connectivity index (χ3n) is 3.29. The zero-order chi connectivity index (χ0) is 18.6. The van der Waals surface area contributed by atoms with Crippen molar-refractivity contribution in [1.82, 2.24) is 10.7 Å². The van der Waals surface area contributed by atoms with Gasteiger partial charge in [0.2, 0.25) is 0 Å². The standard InChI is InChI=1S/C20H23N3O2S/c1-3-12-21-20(26)23-22-14-17-10-11-18(19(13-17)24-4-2)25-15-16-8-6-5-7-9-16/h3,5-11,13-14H,1,4,12,15H2,2H3,(H2,21,23,26)/b22-14+. The van der Waals surface area contributed by atoms with Crippen LogP contribution >= 0.6 is 12.2 Å². The molecule has 0 amide bonds. The van der Waals surface area contributed by atoms with Crippen molar-refractivity contribution in [3.05, 3.63) is 72.3 Å². The molecule has 0 fully saturated rings. The lowest BCUT2D eigenvalue weighted by molar-refractivity contribution is 0.269. The first-order valence-corrected chi connectivity index (χ1v) is 8.75. The fourth-order valence-electron chi connectivity index (χ4n) is 2.10. The monoisotopic (exact) mass is 369 g/mol. The molecule has 0 aromatic heterocycles. The molecule has 26 heavy (non-hydrogen) atoms. The van der Waals surface area contributed by atoms with E-state index in [1.807, 2.05) is 55.5 Å². The van der Waals surface area contributed by atoms with Crippen LogP contribution in [0.3, 0.4) is 0 Å². The fraction of sp³-hybridized carbons (Fsp3) is 0.200. The lowest BCUT2D eigenvalue weighted by atomic mass is 10.2. The van der Waals surface area contributed by atoms with Gasteiger partial charge in [-0.2, -0.15) is 5.10 Å². The summed E-state index contributed by atoms with van der Waals surface area (Å²) in [7, 11) is 0. The first-order chi connectivity index (χ1) is 12.7. The highest BCUT2D eigenvalue weighted by Gasteiger charge is 2.06. The molecule has 0 saturated heterocycles. The summed E-state index contributed by atoms with van der Waals surface area (Å²) in [6, 6.07) is 15.7. The zero-order valence-corrected chi connectivity index (χ0v) is 15.6. The highest BCUT2D eigenvalue weighted by molar-refractivity contribution is 7.80. The SMILES string of the molecule is C=CCNC(=S)N/N=C/c1ccc(OCc2ccccc2)c(OCC)c1. The van der Waals surface area contributed by atoms with Gasteiger partial charge in [-0.3, -0.25) is 5.43 Å². The van der Waals surface area contributed by atoms with Gasteiger partial charge in [0.15, 0.2) is 16.6 Å². The number of hydrazone groups is 1. The topological polar surface area (TPSA) is 54.9 Å². The van der Waals surface area contributed by atoms with Gasteiger partial charge in [-0.05, 0) is 48.5 Å². The van der Waals surface area contributed by atoms with Crippen LogP contribution in [0.25, 0.3) is 0 Å². The van der Waals surface area contributed by atoms with E-state index >= 15 is 0 Å². The van der Waals surface area contributed by atoms with Crippen LogP contribution in [-0.4, -0.2) is 24.5 Å². The van der Waals surface area contributed by atoms with Crippen molar-refractivity contribution < 1.29 is 9.47 Å². The zero-order valence-electron chi connectivity index (χ0n) is 14.8. The van der Waals surface area contributed by atoms with Crippen LogP contribution in [0.4, 0.5) is 0 Å². The average Bonchev–Trinajstić information content (AvgIpc) is 2.67. The summed E-state index contributed by atoms with van der Waals surface area (Å²) in [6.07, 6.45) is 3.39. The Labute approximate surface area is 159 Å². The van der Waals surface area contributed by atoms with Crippen molar-refractivity contribution in [2.45, 2.75) is 13.5 Å². The molecule has 0 aliphatic heterocycles. The minimum absolute atomic E-state index is 0.439. The molecule has 6 heteroatoms. The molecule has 5 nitrogen and oxygen atoms in total. The van der Waals surface area contributed by atoms with Gasteiger partial charge in [0.1, 0.15) is 6.61 Å². The third kappa shape index (κ3) is 6.57. The van der Waals surface area contributed by atoms with Crippen LogP contribution in [0, 0.1) is 0 Å². The summed E-state index contributed by atoms with van der Waals surface area (Å²) >= 11 is 5.08. The van der Waals surface area contributed by atoms with Crippen molar-refractivity contribution in [2.75, 3.05) is 13.2 Å². The van der Waals surface area contributed by atoms with Crippen molar-refractivity contribution in [2.24, 2.45) is 5.10 Å². The Balaban J connectivity index is 2.00. The highest BCUT2D eigenvalue weighted by Crippen LogP contribution is 2.28. The van der Waals surface area contributed by atoms with Gasteiger partial charge in [-0.15, -0.1) is 6.58 Å². The van der Waals surface area contributed by atoms with Gasteiger partial charge >= 0.3 is 0 Å². The summed E-state index contributed by atoms with van der Waals surface area (Å²) < 4.78 is 11.6.